The van der Waals surface area contributed by atoms with Crippen LogP contribution in [0.4, 0.5) is 14.5 Å². The lowest BCUT2D eigenvalue weighted by molar-refractivity contribution is -0.136. The van der Waals surface area contributed by atoms with E-state index in [1.54, 1.807) is 13.8 Å². The summed E-state index contributed by atoms with van der Waals surface area (Å²) < 4.78 is 29.0. The van der Waals surface area contributed by atoms with Gasteiger partial charge in [0, 0.05) is 5.41 Å². The van der Waals surface area contributed by atoms with Crippen molar-refractivity contribution in [3.63, 3.8) is 0 Å². The molecular formula is C26H21F2NO7. The molecule has 8 nitrogen and oxygen atoms in total. The maximum absolute atomic E-state index is 14.5. The summed E-state index contributed by atoms with van der Waals surface area (Å²) in [6.45, 7) is 2.09. The Morgan fingerprint density at radius 2 is 1.58 bits per heavy atom. The van der Waals surface area contributed by atoms with Crippen LogP contribution in [0.3, 0.4) is 0 Å². The Hall–Kier alpha value is -4.47. The molecule has 36 heavy (non-hydrogen) atoms. The topological polar surface area (TPSA) is 135 Å². The van der Waals surface area contributed by atoms with Crippen molar-refractivity contribution < 1.29 is 43.6 Å². The van der Waals surface area contributed by atoms with Crippen molar-refractivity contribution in [2.24, 2.45) is 0 Å². The number of benzene rings is 2. The smallest absolute Gasteiger partial charge is 0.323 e. The van der Waals surface area contributed by atoms with E-state index in [0.717, 1.165) is 23.1 Å². The van der Waals surface area contributed by atoms with Gasteiger partial charge >= 0.3 is 11.9 Å². The quantitative estimate of drug-likeness (QED) is 0.475. The van der Waals surface area contributed by atoms with Crippen LogP contribution in [-0.4, -0.2) is 51.2 Å². The Kier molecular flexibility index (Phi) is 5.91. The Labute approximate surface area is 203 Å². The fourth-order valence-electron chi connectivity index (χ4n) is 4.66. The first kappa shape index (κ1) is 24.6. The molecule has 0 unspecified atom stereocenters. The van der Waals surface area contributed by atoms with Gasteiger partial charge in [-0.2, -0.15) is 0 Å². The Morgan fingerprint density at radius 1 is 0.944 bits per heavy atom. The molecule has 2 aromatic carbocycles. The Bertz CT molecular complexity index is 1420. The first-order valence-corrected chi connectivity index (χ1v) is 10.7. The molecule has 4 N–H and O–H groups in total. The third kappa shape index (κ3) is 4.10. The predicted octanol–water partition coefficient (Wildman–Crippen LogP) is 3.67. The summed E-state index contributed by atoms with van der Waals surface area (Å²) in [6, 6.07) is 6.29. The number of hydrogen-bond donors (Lipinski definition) is 4. The number of phenolic OH excluding ortho intramolecular Hbond substituents is 2. The predicted molar refractivity (Wildman–Crippen MR) is 125 cm³/mol. The number of ketones is 1. The van der Waals surface area contributed by atoms with Crippen LogP contribution in [0.2, 0.25) is 0 Å². The molecule has 0 spiro atoms. The molecule has 0 aliphatic heterocycles. The van der Waals surface area contributed by atoms with Crippen molar-refractivity contribution in [1.29, 1.82) is 0 Å². The molecule has 2 aliphatic rings. The summed E-state index contributed by atoms with van der Waals surface area (Å²) in [6.07, 6.45) is 2.18. The lowest BCUT2D eigenvalue weighted by Gasteiger charge is -2.39. The number of carbonyl (C=O) groups excluding carboxylic acids is 1. The number of carbonyl (C=O) groups is 3. The van der Waals surface area contributed by atoms with Crippen molar-refractivity contribution in [3.05, 3.63) is 82.0 Å². The average molecular weight is 497 g/mol. The third-order valence-corrected chi connectivity index (χ3v) is 6.30. The minimum absolute atomic E-state index is 0.0706. The second-order valence-corrected chi connectivity index (χ2v) is 9.02. The van der Waals surface area contributed by atoms with Gasteiger partial charge in [0.15, 0.2) is 17.4 Å². The normalized spacial score (nSPS) is 16.1. The number of carboxylic acids is 2. The summed E-state index contributed by atoms with van der Waals surface area (Å²) in [5.74, 6) is -6.50. The monoisotopic (exact) mass is 497 g/mol. The highest BCUT2D eigenvalue weighted by Gasteiger charge is 2.40. The van der Waals surface area contributed by atoms with Crippen LogP contribution in [0.5, 0.6) is 11.5 Å². The van der Waals surface area contributed by atoms with Gasteiger partial charge in [0.25, 0.3) is 0 Å². The molecule has 0 atom stereocenters. The molecule has 0 radical (unpaired) electrons. The van der Waals surface area contributed by atoms with Crippen molar-refractivity contribution >= 4 is 29.0 Å². The molecule has 0 aromatic heterocycles. The molecule has 0 saturated heterocycles. The van der Waals surface area contributed by atoms with Crippen LogP contribution in [0.1, 0.15) is 30.5 Å². The number of nitrogens with zero attached hydrogens (tertiary/aromatic N) is 1. The first-order valence-electron chi connectivity index (χ1n) is 10.7. The Morgan fingerprint density at radius 3 is 2.17 bits per heavy atom. The molecule has 0 bridgehead atoms. The molecule has 2 aromatic rings. The fourth-order valence-corrected chi connectivity index (χ4v) is 4.66. The largest absolute Gasteiger partial charge is 0.506 e. The summed E-state index contributed by atoms with van der Waals surface area (Å²) in [4.78, 5) is 35.5. The number of phenols is 2. The fraction of sp³-hybridized carbons (Fsp3) is 0.192. The summed E-state index contributed by atoms with van der Waals surface area (Å²) in [5, 5.41) is 39.1. The number of rotatable bonds is 6. The van der Waals surface area contributed by atoms with E-state index in [1.165, 1.54) is 24.3 Å². The highest BCUT2D eigenvalue weighted by Crippen LogP contribution is 2.52. The van der Waals surface area contributed by atoms with Crippen LogP contribution in [0.25, 0.3) is 5.57 Å². The number of anilines is 1. The first-order chi connectivity index (χ1) is 16.8. The van der Waals surface area contributed by atoms with Crippen LogP contribution in [-0.2, 0) is 19.8 Å². The minimum atomic E-state index is -1.31. The average Bonchev–Trinajstić information content (AvgIpc) is 2.76. The van der Waals surface area contributed by atoms with Gasteiger partial charge in [-0.1, -0.05) is 19.9 Å². The highest BCUT2D eigenvalue weighted by molar-refractivity contribution is 6.08. The zero-order valence-electron chi connectivity index (χ0n) is 19.2. The molecule has 10 heteroatoms. The van der Waals surface area contributed by atoms with Crippen molar-refractivity contribution in [2.45, 2.75) is 19.3 Å². The number of allylic oxidation sites excluding steroid dienone is 5. The van der Waals surface area contributed by atoms with Gasteiger partial charge in [-0.25, -0.2) is 8.78 Å². The zero-order valence-corrected chi connectivity index (χ0v) is 19.2. The molecule has 4 rings (SSSR count). The minimum Gasteiger partial charge on any atom is -0.506 e. The van der Waals surface area contributed by atoms with Crippen molar-refractivity contribution in [1.82, 2.24) is 0 Å². The standard InChI is InChI=1S/C26H21F2NO7/c1-26(2)15-8-20(30)17(27)6-13(15)25(14-7-18(28)21(31)9-16(14)26)12-3-4-19(22(32)5-12)29(10-23(33)34)11-24(35)36/h3-9,30,32H,10-11H2,1-2H3,(H,33,34)(H,35,36). The summed E-state index contributed by atoms with van der Waals surface area (Å²) in [5.41, 5.74) is 0.981. The van der Waals surface area contributed by atoms with Crippen molar-refractivity contribution in [2.75, 3.05) is 18.0 Å². The van der Waals surface area contributed by atoms with Crippen LogP contribution >= 0.6 is 0 Å². The van der Waals surface area contributed by atoms with E-state index in [-0.39, 0.29) is 22.4 Å². The molecule has 0 fully saturated rings. The maximum atomic E-state index is 14.5. The van der Waals surface area contributed by atoms with E-state index in [0.29, 0.717) is 16.7 Å². The summed E-state index contributed by atoms with van der Waals surface area (Å²) >= 11 is 0. The van der Waals surface area contributed by atoms with Gasteiger partial charge in [-0.3, -0.25) is 14.4 Å². The van der Waals surface area contributed by atoms with Crippen molar-refractivity contribution in [3.8, 4) is 11.5 Å². The van der Waals surface area contributed by atoms with E-state index < -0.39 is 59.4 Å². The molecule has 186 valence electrons. The number of fused-ring (bicyclic) bond motifs is 2. The SMILES string of the molecule is CC1(C)C2=CC(=O)C(F)=CC2=C(c2ccc(N(CC(=O)O)CC(=O)O)c(O)c2)c2cc(F)c(O)cc21. The Balaban J connectivity index is 1.97. The number of carboxylic acid groups (broad SMARTS) is 2. The van der Waals surface area contributed by atoms with E-state index in [2.05, 4.69) is 0 Å². The van der Waals surface area contributed by atoms with Crippen LogP contribution in [0.15, 0.2) is 59.5 Å². The van der Waals surface area contributed by atoms with Gasteiger partial charge in [-0.15, -0.1) is 0 Å². The molecule has 2 aliphatic carbocycles. The maximum Gasteiger partial charge on any atom is 0.323 e. The highest BCUT2D eigenvalue weighted by atomic mass is 19.1. The van der Waals surface area contributed by atoms with Gasteiger partial charge < -0.3 is 25.3 Å². The van der Waals surface area contributed by atoms with Crippen LogP contribution < -0.4 is 4.90 Å². The number of halogens is 2. The number of hydrogen-bond acceptors (Lipinski definition) is 6. The van der Waals surface area contributed by atoms with E-state index in [9.17, 15) is 33.4 Å². The molecule has 0 saturated carbocycles. The second kappa shape index (κ2) is 8.63. The van der Waals surface area contributed by atoms with E-state index >= 15 is 0 Å². The molecular weight excluding hydrogens is 476 g/mol. The van der Waals surface area contributed by atoms with E-state index in [1.807, 2.05) is 0 Å². The van der Waals surface area contributed by atoms with Gasteiger partial charge in [0.1, 0.15) is 18.8 Å². The van der Waals surface area contributed by atoms with E-state index in [4.69, 9.17) is 10.2 Å². The van der Waals surface area contributed by atoms with Crippen LogP contribution in [0, 0.1) is 5.82 Å². The molecule has 0 heterocycles. The number of aliphatic carboxylic acids is 2. The number of aromatic hydroxyl groups is 2. The van der Waals surface area contributed by atoms with Gasteiger partial charge in [-0.05, 0) is 69.8 Å². The lowest BCUT2D eigenvalue weighted by Crippen LogP contribution is -2.34. The van der Waals surface area contributed by atoms with Gasteiger partial charge in [0.2, 0.25) is 5.78 Å². The third-order valence-electron chi connectivity index (χ3n) is 6.30. The zero-order chi connectivity index (χ0) is 26.5. The lowest BCUT2D eigenvalue weighted by atomic mass is 9.64. The molecule has 0 amide bonds. The summed E-state index contributed by atoms with van der Waals surface area (Å²) in [7, 11) is 0. The second-order valence-electron chi connectivity index (χ2n) is 9.02. The van der Waals surface area contributed by atoms with Gasteiger partial charge in [0.05, 0.1) is 5.69 Å².